The standard InChI is InChI=1S/C30H27F3N4O4/c1-18-4-2-5-19(14-18)17-34-29(40)37-26(20-6-3-7-20)16-25(36-37)24-15-22(10-13-27(24)38)35-28(39)21-8-11-23(12-9-21)41-30(31,32)33/h2,4-5,8-16,20,38H,3,6-7,17H2,1H3,(H,34,40)(H,35,39). The van der Waals surface area contributed by atoms with E-state index in [2.05, 4.69) is 20.5 Å². The van der Waals surface area contributed by atoms with Gasteiger partial charge in [-0.1, -0.05) is 36.2 Å². The van der Waals surface area contributed by atoms with Crippen LogP contribution in [0.1, 0.15) is 52.4 Å². The molecule has 0 bridgehead atoms. The molecule has 0 unspecified atom stereocenters. The third-order valence-corrected chi connectivity index (χ3v) is 6.86. The van der Waals surface area contributed by atoms with Crippen LogP contribution >= 0.6 is 0 Å². The molecule has 1 aliphatic carbocycles. The molecule has 1 heterocycles. The lowest BCUT2D eigenvalue weighted by atomic mass is 9.82. The minimum Gasteiger partial charge on any atom is -0.507 e. The molecule has 4 aromatic rings. The van der Waals surface area contributed by atoms with E-state index in [-0.39, 0.29) is 23.3 Å². The number of amides is 2. The number of aromatic hydroxyl groups is 1. The number of nitrogens with one attached hydrogen (secondary N) is 2. The molecule has 0 atom stereocenters. The van der Waals surface area contributed by atoms with Crippen LogP contribution in [0.25, 0.3) is 11.3 Å². The Balaban J connectivity index is 1.35. The van der Waals surface area contributed by atoms with Crippen LogP contribution in [0.4, 0.5) is 23.7 Å². The first-order valence-electron chi connectivity index (χ1n) is 13.0. The van der Waals surface area contributed by atoms with Gasteiger partial charge in [0, 0.05) is 29.3 Å². The molecule has 2 amide bonds. The molecule has 0 radical (unpaired) electrons. The number of ether oxygens (including phenoxy) is 1. The predicted octanol–water partition coefficient (Wildman–Crippen LogP) is 6.74. The van der Waals surface area contributed by atoms with Gasteiger partial charge < -0.3 is 20.5 Å². The summed E-state index contributed by atoms with van der Waals surface area (Å²) in [4.78, 5) is 25.9. The molecule has 1 aliphatic rings. The topological polar surface area (TPSA) is 105 Å². The van der Waals surface area contributed by atoms with Gasteiger partial charge in [-0.3, -0.25) is 4.79 Å². The molecular formula is C30H27F3N4O4. The highest BCUT2D eigenvalue weighted by Crippen LogP contribution is 2.39. The van der Waals surface area contributed by atoms with E-state index in [1.165, 1.54) is 35.0 Å². The van der Waals surface area contributed by atoms with Crippen molar-refractivity contribution in [2.24, 2.45) is 0 Å². The summed E-state index contributed by atoms with van der Waals surface area (Å²) in [5.41, 5.74) is 3.88. The molecule has 3 N–H and O–H groups in total. The fourth-order valence-corrected chi connectivity index (χ4v) is 4.59. The fourth-order valence-electron chi connectivity index (χ4n) is 4.59. The number of halogens is 3. The first-order valence-corrected chi connectivity index (χ1v) is 13.0. The number of phenolic OH excluding ortho intramolecular Hbond substituents is 1. The smallest absolute Gasteiger partial charge is 0.507 e. The Labute approximate surface area is 233 Å². The SMILES string of the molecule is Cc1cccc(CNC(=O)n2nc(-c3cc(NC(=O)c4ccc(OC(F)(F)F)cc4)ccc3O)cc2C2CCC2)c1. The second-order valence-electron chi connectivity index (χ2n) is 9.90. The van der Waals surface area contributed by atoms with Gasteiger partial charge in [0.25, 0.3) is 5.91 Å². The van der Waals surface area contributed by atoms with Crippen LogP contribution in [0, 0.1) is 6.92 Å². The number of aryl methyl sites for hydroxylation is 1. The van der Waals surface area contributed by atoms with Crippen LogP contribution in [-0.4, -0.2) is 33.2 Å². The van der Waals surface area contributed by atoms with Crippen LogP contribution in [0.15, 0.2) is 72.8 Å². The average Bonchev–Trinajstić information content (AvgIpc) is 3.31. The van der Waals surface area contributed by atoms with Gasteiger partial charge in [0.1, 0.15) is 11.5 Å². The minimum absolute atomic E-state index is 0.0957. The Kier molecular flexibility index (Phi) is 7.69. The van der Waals surface area contributed by atoms with Gasteiger partial charge in [0.05, 0.1) is 11.4 Å². The summed E-state index contributed by atoms with van der Waals surface area (Å²) in [6.45, 7) is 2.31. The van der Waals surface area contributed by atoms with Crippen molar-refractivity contribution in [3.8, 4) is 22.8 Å². The summed E-state index contributed by atoms with van der Waals surface area (Å²) in [6, 6.07) is 18.1. The molecule has 0 saturated heterocycles. The highest BCUT2D eigenvalue weighted by atomic mass is 19.4. The van der Waals surface area contributed by atoms with Gasteiger partial charge in [0.15, 0.2) is 0 Å². The van der Waals surface area contributed by atoms with Gasteiger partial charge in [-0.2, -0.15) is 9.78 Å². The van der Waals surface area contributed by atoms with Gasteiger partial charge in [-0.15, -0.1) is 13.2 Å². The molecule has 0 spiro atoms. The maximum absolute atomic E-state index is 13.2. The van der Waals surface area contributed by atoms with Crippen molar-refractivity contribution in [2.75, 3.05) is 5.32 Å². The third-order valence-electron chi connectivity index (χ3n) is 6.86. The summed E-state index contributed by atoms with van der Waals surface area (Å²) in [5.74, 6) is -0.949. The Morgan fingerprint density at radius 3 is 2.46 bits per heavy atom. The van der Waals surface area contributed by atoms with Crippen molar-refractivity contribution in [2.45, 2.75) is 45.0 Å². The lowest BCUT2D eigenvalue weighted by Gasteiger charge is -2.25. The van der Waals surface area contributed by atoms with E-state index in [0.717, 1.165) is 48.2 Å². The maximum atomic E-state index is 13.2. The quantitative estimate of drug-likeness (QED) is 0.216. The molecular weight excluding hydrogens is 537 g/mol. The number of alkyl halides is 3. The number of phenols is 1. The van der Waals surface area contributed by atoms with Crippen LogP contribution < -0.4 is 15.4 Å². The van der Waals surface area contributed by atoms with E-state index in [4.69, 9.17) is 0 Å². The molecule has 8 nitrogen and oxygen atoms in total. The second kappa shape index (κ2) is 11.4. The number of benzene rings is 3. The highest BCUT2D eigenvalue weighted by Gasteiger charge is 2.31. The lowest BCUT2D eigenvalue weighted by Crippen LogP contribution is -2.31. The summed E-state index contributed by atoms with van der Waals surface area (Å²) >= 11 is 0. The summed E-state index contributed by atoms with van der Waals surface area (Å²) in [5, 5.41) is 20.7. The number of nitrogens with zero attached hydrogens (tertiary/aromatic N) is 2. The first-order chi connectivity index (χ1) is 19.6. The molecule has 3 aromatic carbocycles. The monoisotopic (exact) mass is 564 g/mol. The van der Waals surface area contributed by atoms with Crippen molar-refractivity contribution in [1.29, 1.82) is 0 Å². The molecule has 11 heteroatoms. The molecule has 212 valence electrons. The van der Waals surface area contributed by atoms with Crippen LogP contribution in [0.5, 0.6) is 11.5 Å². The average molecular weight is 565 g/mol. The Hall–Kier alpha value is -4.80. The van der Waals surface area contributed by atoms with Gasteiger partial charge in [0.2, 0.25) is 0 Å². The molecule has 41 heavy (non-hydrogen) atoms. The number of carbonyl (C=O) groups excluding carboxylic acids is 2. The molecule has 1 saturated carbocycles. The van der Waals surface area contributed by atoms with E-state index >= 15 is 0 Å². The first kappa shape index (κ1) is 27.8. The van der Waals surface area contributed by atoms with E-state index in [0.29, 0.717) is 23.5 Å². The number of aromatic nitrogens is 2. The summed E-state index contributed by atoms with van der Waals surface area (Å²) in [6.07, 6.45) is -1.94. The van der Waals surface area contributed by atoms with Crippen LogP contribution in [0.2, 0.25) is 0 Å². The Bertz CT molecular complexity index is 1580. The van der Waals surface area contributed by atoms with E-state index in [1.54, 1.807) is 6.07 Å². The van der Waals surface area contributed by atoms with Crippen LogP contribution in [-0.2, 0) is 6.54 Å². The van der Waals surface area contributed by atoms with Crippen molar-refractivity contribution in [1.82, 2.24) is 15.1 Å². The number of hydrogen-bond donors (Lipinski definition) is 3. The van der Waals surface area contributed by atoms with Gasteiger partial charge in [-0.05, 0) is 73.9 Å². The third kappa shape index (κ3) is 6.68. The zero-order valence-electron chi connectivity index (χ0n) is 22.0. The zero-order valence-corrected chi connectivity index (χ0v) is 22.0. The lowest BCUT2D eigenvalue weighted by molar-refractivity contribution is -0.274. The number of anilines is 1. The largest absolute Gasteiger partial charge is 0.573 e. The Morgan fingerprint density at radius 2 is 1.80 bits per heavy atom. The molecule has 1 fully saturated rings. The highest BCUT2D eigenvalue weighted by molar-refractivity contribution is 6.04. The normalized spacial score (nSPS) is 13.4. The van der Waals surface area contributed by atoms with Crippen LogP contribution in [0.3, 0.4) is 0 Å². The second-order valence-corrected chi connectivity index (χ2v) is 9.90. The fraction of sp³-hybridized carbons (Fsp3) is 0.233. The molecule has 1 aromatic heterocycles. The summed E-state index contributed by atoms with van der Waals surface area (Å²) < 4.78 is 42.4. The molecule has 5 rings (SSSR count). The minimum atomic E-state index is -4.83. The van der Waals surface area contributed by atoms with E-state index < -0.39 is 18.0 Å². The van der Waals surface area contributed by atoms with Crippen molar-refractivity contribution in [3.63, 3.8) is 0 Å². The van der Waals surface area contributed by atoms with Gasteiger partial charge in [-0.25, -0.2) is 4.79 Å². The maximum Gasteiger partial charge on any atom is 0.573 e. The predicted molar refractivity (Wildman–Crippen MR) is 146 cm³/mol. The number of rotatable bonds is 7. The van der Waals surface area contributed by atoms with E-state index in [1.807, 2.05) is 31.2 Å². The summed E-state index contributed by atoms with van der Waals surface area (Å²) in [7, 11) is 0. The molecule has 0 aliphatic heterocycles. The Morgan fingerprint density at radius 1 is 1.05 bits per heavy atom. The number of carbonyl (C=O) groups is 2. The van der Waals surface area contributed by atoms with Crippen molar-refractivity contribution in [3.05, 3.63) is 95.2 Å². The van der Waals surface area contributed by atoms with E-state index in [9.17, 15) is 27.9 Å². The van der Waals surface area contributed by atoms with Gasteiger partial charge >= 0.3 is 12.4 Å². The number of hydrogen-bond acceptors (Lipinski definition) is 5. The van der Waals surface area contributed by atoms with Crippen molar-refractivity contribution < 1.29 is 32.6 Å². The van der Waals surface area contributed by atoms with Crippen molar-refractivity contribution >= 4 is 17.6 Å². The zero-order chi connectivity index (χ0) is 29.1.